The van der Waals surface area contributed by atoms with E-state index < -0.39 is 0 Å². The molecule has 17 heavy (non-hydrogen) atoms. The van der Waals surface area contributed by atoms with E-state index in [1.54, 1.807) is 6.07 Å². The normalized spacial score (nSPS) is 21.4. The number of nitrogens with one attached hydrogen (secondary N) is 1. The standard InChI is InChI=1S/C13H18ClFN2/c1-2-10-9-17(7-3-6-16-10)11-4-5-12(14)13(15)8-11/h4-5,8,10,16H,2-3,6-7,9H2,1H3. The van der Waals surface area contributed by atoms with Gasteiger partial charge in [0.1, 0.15) is 5.82 Å². The summed E-state index contributed by atoms with van der Waals surface area (Å²) < 4.78 is 13.4. The van der Waals surface area contributed by atoms with E-state index in [1.165, 1.54) is 6.07 Å². The van der Waals surface area contributed by atoms with Gasteiger partial charge in [-0.2, -0.15) is 0 Å². The van der Waals surface area contributed by atoms with Gasteiger partial charge in [-0.25, -0.2) is 4.39 Å². The molecule has 1 fully saturated rings. The zero-order valence-corrected chi connectivity index (χ0v) is 10.8. The zero-order valence-electron chi connectivity index (χ0n) is 10.0. The third-order valence-electron chi connectivity index (χ3n) is 3.24. The Hall–Kier alpha value is -0.800. The molecule has 2 rings (SSSR count). The molecule has 2 nitrogen and oxygen atoms in total. The van der Waals surface area contributed by atoms with Gasteiger partial charge in [0.2, 0.25) is 0 Å². The highest BCUT2D eigenvalue weighted by atomic mass is 35.5. The van der Waals surface area contributed by atoms with Crippen molar-refractivity contribution in [3.8, 4) is 0 Å². The summed E-state index contributed by atoms with van der Waals surface area (Å²) in [6.45, 7) is 5.09. The Labute approximate surface area is 107 Å². The molecule has 1 saturated heterocycles. The highest BCUT2D eigenvalue weighted by Crippen LogP contribution is 2.23. The van der Waals surface area contributed by atoms with Crippen LogP contribution in [0.3, 0.4) is 0 Å². The number of benzene rings is 1. The summed E-state index contributed by atoms with van der Waals surface area (Å²) in [6, 6.07) is 5.53. The third-order valence-corrected chi connectivity index (χ3v) is 3.55. The molecule has 1 aromatic carbocycles. The maximum atomic E-state index is 13.4. The molecule has 0 saturated carbocycles. The lowest BCUT2D eigenvalue weighted by atomic mass is 10.2. The monoisotopic (exact) mass is 256 g/mol. The van der Waals surface area contributed by atoms with Crippen molar-refractivity contribution in [1.82, 2.24) is 5.32 Å². The molecule has 1 aliphatic heterocycles. The van der Waals surface area contributed by atoms with Crippen LogP contribution in [0, 0.1) is 5.82 Å². The van der Waals surface area contributed by atoms with Gasteiger partial charge < -0.3 is 10.2 Å². The van der Waals surface area contributed by atoms with Gasteiger partial charge in [-0.1, -0.05) is 18.5 Å². The van der Waals surface area contributed by atoms with Crippen molar-refractivity contribution < 1.29 is 4.39 Å². The summed E-state index contributed by atoms with van der Waals surface area (Å²) in [7, 11) is 0. The average molecular weight is 257 g/mol. The molecule has 0 bridgehead atoms. The number of halogens is 2. The quantitative estimate of drug-likeness (QED) is 0.875. The molecule has 1 unspecified atom stereocenters. The van der Waals surface area contributed by atoms with Crippen LogP contribution in [-0.2, 0) is 0 Å². The van der Waals surface area contributed by atoms with Crippen LogP contribution >= 0.6 is 11.6 Å². The van der Waals surface area contributed by atoms with Crippen LogP contribution in [0.2, 0.25) is 5.02 Å². The maximum absolute atomic E-state index is 13.4. The Kier molecular flexibility index (Phi) is 4.24. The second-order valence-corrected chi connectivity index (χ2v) is 4.86. The Morgan fingerprint density at radius 2 is 2.35 bits per heavy atom. The van der Waals surface area contributed by atoms with Crippen molar-refractivity contribution in [2.75, 3.05) is 24.5 Å². The molecule has 1 aliphatic rings. The molecule has 1 atom stereocenters. The molecular formula is C13H18ClFN2. The first-order valence-corrected chi connectivity index (χ1v) is 6.52. The van der Waals surface area contributed by atoms with Gasteiger partial charge in [-0.15, -0.1) is 0 Å². The van der Waals surface area contributed by atoms with Crippen LogP contribution in [0.15, 0.2) is 18.2 Å². The second kappa shape index (κ2) is 5.69. The van der Waals surface area contributed by atoms with Crippen LogP contribution in [-0.4, -0.2) is 25.7 Å². The predicted octanol–water partition coefficient (Wildman–Crippen LogP) is 3.06. The Bertz CT molecular complexity index is 384. The van der Waals surface area contributed by atoms with Crippen molar-refractivity contribution in [1.29, 1.82) is 0 Å². The van der Waals surface area contributed by atoms with E-state index >= 15 is 0 Å². The van der Waals surface area contributed by atoms with Crippen LogP contribution in [0.25, 0.3) is 0 Å². The molecule has 0 radical (unpaired) electrons. The number of hydrogen-bond donors (Lipinski definition) is 1. The minimum atomic E-state index is -0.338. The lowest BCUT2D eigenvalue weighted by molar-refractivity contribution is 0.528. The van der Waals surface area contributed by atoms with Crippen LogP contribution in [0.1, 0.15) is 19.8 Å². The molecule has 0 aliphatic carbocycles. The molecule has 0 amide bonds. The summed E-state index contributed by atoms with van der Waals surface area (Å²) in [5.74, 6) is -0.338. The number of nitrogens with zero attached hydrogens (tertiary/aromatic N) is 1. The average Bonchev–Trinajstić information content (AvgIpc) is 2.58. The van der Waals surface area contributed by atoms with Gasteiger partial charge in [0.25, 0.3) is 0 Å². The van der Waals surface area contributed by atoms with E-state index in [-0.39, 0.29) is 10.8 Å². The van der Waals surface area contributed by atoms with E-state index in [0.717, 1.165) is 38.2 Å². The highest BCUT2D eigenvalue weighted by Gasteiger charge is 2.17. The second-order valence-electron chi connectivity index (χ2n) is 4.46. The minimum absolute atomic E-state index is 0.189. The number of anilines is 1. The fourth-order valence-electron chi connectivity index (χ4n) is 2.19. The summed E-state index contributed by atoms with van der Waals surface area (Å²) in [6.07, 6.45) is 2.17. The van der Waals surface area contributed by atoms with Gasteiger partial charge in [-0.3, -0.25) is 0 Å². The lowest BCUT2D eigenvalue weighted by Gasteiger charge is -2.26. The summed E-state index contributed by atoms with van der Waals surface area (Å²) in [5.41, 5.74) is 0.925. The maximum Gasteiger partial charge on any atom is 0.143 e. The molecule has 0 aromatic heterocycles. The minimum Gasteiger partial charge on any atom is -0.370 e. The fraction of sp³-hybridized carbons (Fsp3) is 0.538. The van der Waals surface area contributed by atoms with Crippen LogP contribution in [0.5, 0.6) is 0 Å². The van der Waals surface area contributed by atoms with Gasteiger partial charge in [0.05, 0.1) is 5.02 Å². The molecule has 1 aromatic rings. The third kappa shape index (κ3) is 3.11. The first-order chi connectivity index (χ1) is 8.20. The van der Waals surface area contributed by atoms with Crippen LogP contribution in [0.4, 0.5) is 10.1 Å². The van der Waals surface area contributed by atoms with Crippen molar-refractivity contribution in [3.05, 3.63) is 29.0 Å². The topological polar surface area (TPSA) is 15.3 Å². The SMILES string of the molecule is CCC1CN(c2ccc(Cl)c(F)c2)CCCN1. The molecule has 0 spiro atoms. The van der Waals surface area contributed by atoms with Crippen molar-refractivity contribution in [2.45, 2.75) is 25.8 Å². The fourth-order valence-corrected chi connectivity index (χ4v) is 2.31. The Balaban J connectivity index is 2.16. The largest absolute Gasteiger partial charge is 0.370 e. The van der Waals surface area contributed by atoms with E-state index in [9.17, 15) is 4.39 Å². The first kappa shape index (κ1) is 12.7. The summed E-state index contributed by atoms with van der Waals surface area (Å²) in [4.78, 5) is 2.23. The van der Waals surface area contributed by atoms with Crippen molar-refractivity contribution >= 4 is 17.3 Å². The van der Waals surface area contributed by atoms with Gasteiger partial charge in [0.15, 0.2) is 0 Å². The Morgan fingerprint density at radius 3 is 3.06 bits per heavy atom. The molecule has 94 valence electrons. The van der Waals surface area contributed by atoms with Gasteiger partial charge >= 0.3 is 0 Å². The highest BCUT2D eigenvalue weighted by molar-refractivity contribution is 6.30. The van der Waals surface area contributed by atoms with E-state index in [0.29, 0.717) is 6.04 Å². The summed E-state index contributed by atoms with van der Waals surface area (Å²) in [5, 5.41) is 3.68. The predicted molar refractivity (Wildman–Crippen MR) is 70.3 cm³/mol. The van der Waals surface area contributed by atoms with Crippen molar-refractivity contribution in [3.63, 3.8) is 0 Å². The van der Waals surface area contributed by atoms with Gasteiger partial charge in [0, 0.05) is 24.8 Å². The molecular weight excluding hydrogens is 239 g/mol. The first-order valence-electron chi connectivity index (χ1n) is 6.14. The van der Waals surface area contributed by atoms with Crippen molar-refractivity contribution in [2.24, 2.45) is 0 Å². The Morgan fingerprint density at radius 1 is 1.53 bits per heavy atom. The number of hydrogen-bond acceptors (Lipinski definition) is 2. The molecule has 1 N–H and O–H groups in total. The van der Waals surface area contributed by atoms with E-state index in [4.69, 9.17) is 11.6 Å². The summed E-state index contributed by atoms with van der Waals surface area (Å²) >= 11 is 5.70. The smallest absolute Gasteiger partial charge is 0.143 e. The molecule has 1 heterocycles. The van der Waals surface area contributed by atoms with E-state index in [1.807, 2.05) is 6.07 Å². The van der Waals surface area contributed by atoms with Gasteiger partial charge in [-0.05, 0) is 37.6 Å². The zero-order chi connectivity index (χ0) is 12.3. The van der Waals surface area contributed by atoms with Crippen LogP contribution < -0.4 is 10.2 Å². The van der Waals surface area contributed by atoms with E-state index in [2.05, 4.69) is 17.1 Å². The lowest BCUT2D eigenvalue weighted by Crippen LogP contribution is -2.37. The molecule has 4 heteroatoms. The number of rotatable bonds is 2.